The van der Waals surface area contributed by atoms with Gasteiger partial charge in [0.1, 0.15) is 5.82 Å². The fraction of sp³-hybridized carbons (Fsp3) is 0.111. The molecule has 0 aliphatic carbocycles. The minimum Gasteiger partial charge on any atom is -0.398 e. The van der Waals surface area contributed by atoms with Crippen LogP contribution in [0.2, 0.25) is 0 Å². The van der Waals surface area contributed by atoms with Gasteiger partial charge in [-0.05, 0) is 12.1 Å². The molecule has 0 amide bonds. The van der Waals surface area contributed by atoms with Gasteiger partial charge in [0.15, 0.2) is 0 Å². The number of rotatable bonds is 1. The Morgan fingerprint density at radius 1 is 1.38 bits per heavy atom. The summed E-state index contributed by atoms with van der Waals surface area (Å²) in [5.41, 5.74) is 6.11. The molecule has 0 bridgehead atoms. The molecule has 0 saturated heterocycles. The van der Waals surface area contributed by atoms with Crippen molar-refractivity contribution in [1.29, 1.82) is 10.5 Å². The van der Waals surface area contributed by atoms with Crippen LogP contribution in [-0.4, -0.2) is 0 Å². The zero-order valence-corrected chi connectivity index (χ0v) is 6.71. The topological polar surface area (TPSA) is 73.6 Å². The molecule has 2 N–H and O–H groups in total. The van der Waals surface area contributed by atoms with Crippen molar-refractivity contribution in [2.45, 2.75) is 6.42 Å². The number of anilines is 1. The first-order valence-electron chi connectivity index (χ1n) is 3.54. The normalized spacial score (nSPS) is 8.85. The summed E-state index contributed by atoms with van der Waals surface area (Å²) in [6, 6.07) is 5.83. The van der Waals surface area contributed by atoms with Crippen molar-refractivity contribution in [3.05, 3.63) is 29.1 Å². The standard InChI is InChI=1S/C9H6FN3/c10-7-3-6(5-12)8(1-2-11)9(13)4-7/h3-4H,1,13H2. The molecule has 0 unspecified atom stereocenters. The molecule has 0 atom stereocenters. The van der Waals surface area contributed by atoms with E-state index in [1.807, 2.05) is 6.07 Å². The lowest BCUT2D eigenvalue weighted by Gasteiger charge is -2.03. The summed E-state index contributed by atoms with van der Waals surface area (Å²) in [5, 5.41) is 17.0. The molecule has 1 aromatic carbocycles. The van der Waals surface area contributed by atoms with E-state index in [0.29, 0.717) is 5.56 Å². The van der Waals surface area contributed by atoms with Crippen LogP contribution in [0.3, 0.4) is 0 Å². The van der Waals surface area contributed by atoms with Crippen LogP contribution in [0.1, 0.15) is 11.1 Å². The molecule has 64 valence electrons. The Labute approximate surface area is 74.8 Å². The minimum absolute atomic E-state index is 0.0228. The highest BCUT2D eigenvalue weighted by molar-refractivity contribution is 5.56. The van der Waals surface area contributed by atoms with Crippen LogP contribution in [0, 0.1) is 28.5 Å². The summed E-state index contributed by atoms with van der Waals surface area (Å²) in [4.78, 5) is 0. The molecule has 4 heteroatoms. The second-order valence-electron chi connectivity index (χ2n) is 2.47. The lowest BCUT2D eigenvalue weighted by atomic mass is 10.0. The zero-order chi connectivity index (χ0) is 9.84. The first-order valence-corrected chi connectivity index (χ1v) is 3.54. The van der Waals surface area contributed by atoms with Crippen LogP contribution in [0.15, 0.2) is 12.1 Å². The van der Waals surface area contributed by atoms with Gasteiger partial charge >= 0.3 is 0 Å². The second-order valence-corrected chi connectivity index (χ2v) is 2.47. The number of nitrogens with zero attached hydrogens (tertiary/aromatic N) is 2. The fourth-order valence-electron chi connectivity index (χ4n) is 1.03. The van der Waals surface area contributed by atoms with Gasteiger partial charge in [0.25, 0.3) is 0 Å². The molecule has 0 aliphatic heterocycles. The van der Waals surface area contributed by atoms with Gasteiger partial charge in [-0.3, -0.25) is 0 Å². The van der Waals surface area contributed by atoms with Gasteiger partial charge in [0.05, 0.1) is 24.1 Å². The molecule has 0 aromatic heterocycles. The molecule has 0 saturated carbocycles. The van der Waals surface area contributed by atoms with E-state index in [0.717, 1.165) is 12.1 Å². The van der Waals surface area contributed by atoms with Gasteiger partial charge in [-0.2, -0.15) is 10.5 Å². The van der Waals surface area contributed by atoms with Crippen molar-refractivity contribution in [2.75, 3.05) is 5.73 Å². The molecule has 0 radical (unpaired) electrons. The fourth-order valence-corrected chi connectivity index (χ4v) is 1.03. The molecule has 0 heterocycles. The highest BCUT2D eigenvalue weighted by Gasteiger charge is 2.07. The van der Waals surface area contributed by atoms with E-state index in [2.05, 4.69) is 0 Å². The smallest absolute Gasteiger partial charge is 0.126 e. The Hall–Kier alpha value is -2.07. The van der Waals surface area contributed by atoms with Crippen molar-refractivity contribution in [3.63, 3.8) is 0 Å². The number of hydrogen-bond acceptors (Lipinski definition) is 3. The molecule has 0 spiro atoms. The van der Waals surface area contributed by atoms with Gasteiger partial charge in [-0.1, -0.05) is 0 Å². The maximum Gasteiger partial charge on any atom is 0.126 e. The third kappa shape index (κ3) is 1.74. The van der Waals surface area contributed by atoms with Gasteiger partial charge in [-0.15, -0.1) is 0 Å². The van der Waals surface area contributed by atoms with Gasteiger partial charge < -0.3 is 5.73 Å². The largest absolute Gasteiger partial charge is 0.398 e. The summed E-state index contributed by atoms with van der Waals surface area (Å²) >= 11 is 0. The van der Waals surface area contributed by atoms with Crippen LogP contribution >= 0.6 is 0 Å². The number of halogens is 1. The Morgan fingerprint density at radius 2 is 2.08 bits per heavy atom. The number of nitrogen functional groups attached to an aromatic ring is 1. The summed E-state index contributed by atoms with van der Waals surface area (Å²) in [7, 11) is 0. The highest BCUT2D eigenvalue weighted by Crippen LogP contribution is 2.18. The second kappa shape index (κ2) is 3.55. The molecule has 0 aliphatic rings. The lowest BCUT2D eigenvalue weighted by molar-refractivity contribution is 0.627. The Bertz CT molecular complexity index is 412. The van der Waals surface area contributed by atoms with Gasteiger partial charge in [0.2, 0.25) is 0 Å². The third-order valence-corrected chi connectivity index (χ3v) is 1.63. The quantitative estimate of drug-likeness (QED) is 0.654. The molecule has 13 heavy (non-hydrogen) atoms. The molecule has 1 rings (SSSR count). The highest BCUT2D eigenvalue weighted by atomic mass is 19.1. The van der Waals surface area contributed by atoms with Gasteiger partial charge in [0, 0.05) is 11.3 Å². The summed E-state index contributed by atoms with van der Waals surface area (Å²) in [6.07, 6.45) is 0.0228. The van der Waals surface area contributed by atoms with Crippen molar-refractivity contribution >= 4 is 5.69 Å². The van der Waals surface area contributed by atoms with Crippen molar-refractivity contribution in [3.8, 4) is 12.1 Å². The van der Waals surface area contributed by atoms with E-state index < -0.39 is 5.82 Å². The maximum absolute atomic E-state index is 12.7. The third-order valence-electron chi connectivity index (χ3n) is 1.63. The average molecular weight is 175 g/mol. The molecule has 1 aromatic rings. The maximum atomic E-state index is 12.7. The van der Waals surface area contributed by atoms with Crippen LogP contribution in [-0.2, 0) is 6.42 Å². The van der Waals surface area contributed by atoms with Crippen molar-refractivity contribution in [2.24, 2.45) is 0 Å². The van der Waals surface area contributed by atoms with Crippen LogP contribution in [0.25, 0.3) is 0 Å². The Kier molecular flexibility index (Phi) is 2.47. The summed E-state index contributed by atoms with van der Waals surface area (Å²) in [6.45, 7) is 0. The summed E-state index contributed by atoms with van der Waals surface area (Å²) < 4.78 is 12.7. The average Bonchev–Trinajstić information content (AvgIpc) is 2.09. The summed E-state index contributed by atoms with van der Waals surface area (Å²) in [5.74, 6) is -0.560. The first kappa shape index (κ1) is 9.02. The SMILES string of the molecule is N#CCc1c(N)cc(F)cc1C#N. The van der Waals surface area contributed by atoms with E-state index in [1.165, 1.54) is 0 Å². The number of hydrogen-bond donors (Lipinski definition) is 1. The number of benzene rings is 1. The molecular weight excluding hydrogens is 169 g/mol. The predicted molar refractivity (Wildman–Crippen MR) is 44.8 cm³/mol. The van der Waals surface area contributed by atoms with E-state index in [1.54, 1.807) is 6.07 Å². The predicted octanol–water partition coefficient (Wildman–Crippen LogP) is 1.35. The monoisotopic (exact) mass is 175 g/mol. The molecular formula is C9H6FN3. The zero-order valence-electron chi connectivity index (χ0n) is 6.71. The van der Waals surface area contributed by atoms with Gasteiger partial charge in [-0.25, -0.2) is 4.39 Å². The lowest BCUT2D eigenvalue weighted by Crippen LogP contribution is -1.98. The first-order chi connectivity index (χ1) is 6.19. The number of nitrogens with two attached hydrogens (primary N) is 1. The van der Waals surface area contributed by atoms with Crippen LogP contribution < -0.4 is 5.73 Å². The molecule has 3 nitrogen and oxygen atoms in total. The number of nitriles is 2. The van der Waals surface area contributed by atoms with E-state index >= 15 is 0 Å². The van der Waals surface area contributed by atoms with Crippen molar-refractivity contribution in [1.82, 2.24) is 0 Å². The minimum atomic E-state index is -0.560. The Balaban J connectivity index is 3.34. The van der Waals surface area contributed by atoms with Crippen LogP contribution in [0.5, 0.6) is 0 Å². The van der Waals surface area contributed by atoms with E-state index in [4.69, 9.17) is 16.3 Å². The van der Waals surface area contributed by atoms with E-state index in [9.17, 15) is 4.39 Å². The Morgan fingerprint density at radius 3 is 2.62 bits per heavy atom. The molecule has 0 fully saturated rings. The van der Waals surface area contributed by atoms with Crippen molar-refractivity contribution < 1.29 is 4.39 Å². The van der Waals surface area contributed by atoms with E-state index in [-0.39, 0.29) is 17.7 Å². The van der Waals surface area contributed by atoms with Crippen LogP contribution in [0.4, 0.5) is 10.1 Å².